The number of hydrogen-bond donors (Lipinski definition) is 0. The number of rotatable bonds is 6. The zero-order valence-electron chi connectivity index (χ0n) is 15.4. The van der Waals surface area contributed by atoms with Crippen LogP contribution in [-0.2, 0) is 25.8 Å². The number of aryl methyl sites for hydroxylation is 1. The molecule has 132 valence electrons. The first kappa shape index (κ1) is 17.1. The molecule has 1 atom stereocenters. The summed E-state index contributed by atoms with van der Waals surface area (Å²) in [6.07, 6.45) is 4.69. The molecule has 1 unspecified atom stereocenters. The van der Waals surface area contributed by atoms with Crippen molar-refractivity contribution in [3.63, 3.8) is 0 Å². The number of fused-ring (bicyclic) bond motifs is 1. The summed E-state index contributed by atoms with van der Waals surface area (Å²) in [5, 5.41) is 0. The lowest BCUT2D eigenvalue weighted by molar-refractivity contribution is 0.168. The van der Waals surface area contributed by atoms with Crippen LogP contribution in [0.4, 0.5) is 0 Å². The van der Waals surface area contributed by atoms with E-state index in [0.29, 0.717) is 6.04 Å². The zero-order chi connectivity index (χ0) is 17.6. The molecule has 1 aliphatic heterocycles. The van der Waals surface area contributed by atoms with E-state index >= 15 is 0 Å². The zero-order valence-corrected chi connectivity index (χ0v) is 15.4. The van der Waals surface area contributed by atoms with Gasteiger partial charge >= 0.3 is 0 Å². The molecule has 4 rings (SSSR count). The average Bonchev–Trinajstić information content (AvgIpc) is 2.70. The van der Waals surface area contributed by atoms with Gasteiger partial charge in [-0.1, -0.05) is 84.9 Å². The molecule has 0 aromatic heterocycles. The normalized spacial score (nSPS) is 17.0. The summed E-state index contributed by atoms with van der Waals surface area (Å²) < 4.78 is 0. The predicted molar refractivity (Wildman–Crippen MR) is 109 cm³/mol. The van der Waals surface area contributed by atoms with E-state index in [9.17, 15) is 0 Å². The Morgan fingerprint density at radius 1 is 0.692 bits per heavy atom. The Morgan fingerprint density at radius 3 is 2.04 bits per heavy atom. The number of hydrogen-bond acceptors (Lipinski definition) is 1. The fourth-order valence-electron chi connectivity index (χ4n) is 4.12. The lowest BCUT2D eigenvalue weighted by Gasteiger charge is -2.37. The van der Waals surface area contributed by atoms with Crippen molar-refractivity contribution in [2.75, 3.05) is 6.54 Å². The summed E-state index contributed by atoms with van der Waals surface area (Å²) in [6, 6.07) is 31.4. The van der Waals surface area contributed by atoms with Gasteiger partial charge in [-0.05, 0) is 54.5 Å². The molecule has 0 spiro atoms. The van der Waals surface area contributed by atoms with E-state index < -0.39 is 0 Å². The minimum Gasteiger partial charge on any atom is -0.295 e. The maximum Gasteiger partial charge on any atom is 0.0239 e. The summed E-state index contributed by atoms with van der Waals surface area (Å²) in [7, 11) is 0. The van der Waals surface area contributed by atoms with Gasteiger partial charge in [0, 0.05) is 12.6 Å². The quantitative estimate of drug-likeness (QED) is 0.589. The molecule has 26 heavy (non-hydrogen) atoms. The lowest BCUT2D eigenvalue weighted by Crippen LogP contribution is -2.42. The van der Waals surface area contributed by atoms with Gasteiger partial charge in [-0.25, -0.2) is 0 Å². The maximum absolute atomic E-state index is 2.71. The molecule has 0 fully saturated rings. The first-order valence-corrected chi connectivity index (χ1v) is 9.77. The van der Waals surface area contributed by atoms with Crippen LogP contribution in [0.25, 0.3) is 0 Å². The van der Waals surface area contributed by atoms with E-state index in [1.54, 1.807) is 0 Å². The highest BCUT2D eigenvalue weighted by atomic mass is 15.2. The highest BCUT2D eigenvalue weighted by Gasteiger charge is 2.25. The van der Waals surface area contributed by atoms with Crippen LogP contribution in [0.5, 0.6) is 0 Å². The highest BCUT2D eigenvalue weighted by molar-refractivity contribution is 5.31. The van der Waals surface area contributed by atoms with Gasteiger partial charge in [-0.2, -0.15) is 0 Å². The highest BCUT2D eigenvalue weighted by Crippen LogP contribution is 2.26. The van der Waals surface area contributed by atoms with Crippen molar-refractivity contribution in [2.24, 2.45) is 0 Å². The van der Waals surface area contributed by atoms with Crippen molar-refractivity contribution < 1.29 is 0 Å². The molecule has 1 nitrogen and oxygen atoms in total. The molecular formula is C25H27N. The van der Waals surface area contributed by atoms with Crippen LogP contribution in [0.2, 0.25) is 0 Å². The molecule has 1 aliphatic rings. The molecule has 0 N–H and O–H groups in total. The third kappa shape index (κ3) is 4.23. The Labute approximate surface area is 157 Å². The molecule has 0 bridgehead atoms. The second kappa shape index (κ2) is 8.33. The van der Waals surface area contributed by atoms with Crippen molar-refractivity contribution in [3.8, 4) is 0 Å². The van der Waals surface area contributed by atoms with E-state index in [0.717, 1.165) is 25.8 Å². The monoisotopic (exact) mass is 341 g/mol. The predicted octanol–water partition coefficient (Wildman–Crippen LogP) is 5.29. The van der Waals surface area contributed by atoms with Gasteiger partial charge in [-0.15, -0.1) is 0 Å². The summed E-state index contributed by atoms with van der Waals surface area (Å²) in [5.41, 5.74) is 5.94. The smallest absolute Gasteiger partial charge is 0.0239 e. The van der Waals surface area contributed by atoms with Crippen molar-refractivity contribution in [1.29, 1.82) is 0 Å². The van der Waals surface area contributed by atoms with Gasteiger partial charge < -0.3 is 0 Å². The Hall–Kier alpha value is -2.38. The van der Waals surface area contributed by atoms with E-state index in [-0.39, 0.29) is 0 Å². The van der Waals surface area contributed by atoms with Crippen molar-refractivity contribution in [3.05, 3.63) is 107 Å². The topological polar surface area (TPSA) is 3.24 Å². The van der Waals surface area contributed by atoms with Crippen LogP contribution in [0.15, 0.2) is 84.9 Å². The van der Waals surface area contributed by atoms with E-state index in [1.807, 2.05) is 0 Å². The molecule has 1 heterocycles. The van der Waals surface area contributed by atoms with Gasteiger partial charge in [0.15, 0.2) is 0 Å². The molecule has 0 saturated heterocycles. The third-order valence-corrected chi connectivity index (χ3v) is 5.53. The Morgan fingerprint density at radius 2 is 1.31 bits per heavy atom. The summed E-state index contributed by atoms with van der Waals surface area (Å²) in [4.78, 5) is 2.71. The fraction of sp³-hybridized carbons (Fsp3) is 0.280. The summed E-state index contributed by atoms with van der Waals surface area (Å²) in [6.45, 7) is 2.25. The van der Waals surface area contributed by atoms with Crippen LogP contribution in [0.3, 0.4) is 0 Å². The Kier molecular flexibility index (Phi) is 5.47. The van der Waals surface area contributed by atoms with Crippen LogP contribution < -0.4 is 0 Å². The minimum atomic E-state index is 0.600. The molecule has 0 radical (unpaired) electrons. The van der Waals surface area contributed by atoms with Crippen molar-refractivity contribution in [2.45, 2.75) is 38.3 Å². The SMILES string of the molecule is c1ccc(CCCN2Cc3ccccc3CC2Cc2ccccc2)cc1. The second-order valence-corrected chi connectivity index (χ2v) is 7.38. The van der Waals surface area contributed by atoms with Gasteiger partial charge in [-0.3, -0.25) is 4.90 Å². The van der Waals surface area contributed by atoms with Gasteiger partial charge in [0.25, 0.3) is 0 Å². The first-order valence-electron chi connectivity index (χ1n) is 9.77. The largest absolute Gasteiger partial charge is 0.295 e. The molecule has 3 aromatic carbocycles. The standard InChI is InChI=1S/C25H27N/c1-3-10-21(11-4-1)14-9-17-26-20-24-16-8-7-15-23(24)19-25(26)18-22-12-5-2-6-13-22/h1-8,10-13,15-16,25H,9,14,17-20H2. The van der Waals surface area contributed by atoms with Crippen LogP contribution in [-0.4, -0.2) is 17.5 Å². The van der Waals surface area contributed by atoms with Crippen molar-refractivity contribution >= 4 is 0 Å². The molecule has 0 saturated carbocycles. The first-order chi connectivity index (χ1) is 12.9. The van der Waals surface area contributed by atoms with Crippen LogP contribution >= 0.6 is 0 Å². The van der Waals surface area contributed by atoms with Crippen LogP contribution in [0.1, 0.15) is 28.7 Å². The molecule has 0 aliphatic carbocycles. The molecule has 3 aromatic rings. The number of nitrogens with zero attached hydrogens (tertiary/aromatic N) is 1. The van der Waals surface area contributed by atoms with Gasteiger partial charge in [0.1, 0.15) is 0 Å². The van der Waals surface area contributed by atoms with Crippen molar-refractivity contribution in [1.82, 2.24) is 4.90 Å². The minimum absolute atomic E-state index is 0.600. The van der Waals surface area contributed by atoms with Gasteiger partial charge in [0.2, 0.25) is 0 Å². The average molecular weight is 341 g/mol. The maximum atomic E-state index is 2.71. The van der Waals surface area contributed by atoms with E-state index in [4.69, 9.17) is 0 Å². The lowest BCUT2D eigenvalue weighted by atomic mass is 9.90. The second-order valence-electron chi connectivity index (χ2n) is 7.38. The van der Waals surface area contributed by atoms with E-state index in [1.165, 1.54) is 35.2 Å². The molecule has 0 amide bonds. The van der Waals surface area contributed by atoms with Crippen LogP contribution in [0, 0.1) is 0 Å². The summed E-state index contributed by atoms with van der Waals surface area (Å²) >= 11 is 0. The summed E-state index contributed by atoms with van der Waals surface area (Å²) in [5.74, 6) is 0. The molecule has 1 heteroatoms. The van der Waals surface area contributed by atoms with E-state index in [2.05, 4.69) is 89.8 Å². The van der Waals surface area contributed by atoms with Gasteiger partial charge in [0.05, 0.1) is 0 Å². The fourth-order valence-corrected chi connectivity index (χ4v) is 4.12. The number of benzene rings is 3. The third-order valence-electron chi connectivity index (χ3n) is 5.53. The molecular weight excluding hydrogens is 314 g/mol. The Balaban J connectivity index is 1.45. The Bertz CT molecular complexity index is 810.